The number of carbonyl (C=O) groups excluding carboxylic acids is 1. The summed E-state index contributed by atoms with van der Waals surface area (Å²) < 4.78 is 5.73. The molecule has 1 amide bonds. The number of hydrogen-bond acceptors (Lipinski definition) is 3. The highest BCUT2D eigenvalue weighted by Gasteiger charge is 2.10. The number of para-hydroxylation sites is 1. The van der Waals surface area contributed by atoms with Gasteiger partial charge in [0.05, 0.1) is 0 Å². The van der Waals surface area contributed by atoms with Crippen molar-refractivity contribution in [3.8, 4) is 5.75 Å². The number of ether oxygens (including phenoxy) is 1. The molecule has 4 nitrogen and oxygen atoms in total. The topological polar surface area (TPSA) is 51.2 Å². The lowest BCUT2D eigenvalue weighted by atomic mass is 10.1. The number of benzene rings is 2. The van der Waals surface area contributed by atoms with E-state index in [1.165, 1.54) is 5.56 Å². The number of nitrogens with zero attached hydrogens (tertiary/aromatic N) is 1. The van der Waals surface area contributed by atoms with Gasteiger partial charge >= 0.3 is 0 Å². The first-order valence-corrected chi connectivity index (χ1v) is 8.94. The highest BCUT2D eigenvalue weighted by atomic mass is 16.5. The minimum atomic E-state index is -0.116. The van der Waals surface area contributed by atoms with Gasteiger partial charge in [0.25, 0.3) is 5.91 Å². The monoisotopic (exact) mass is 348 g/mol. The average Bonchev–Trinajstić information content (AvgIpc) is 2.65. The Labute approximate surface area is 154 Å². The fourth-order valence-corrected chi connectivity index (χ4v) is 2.89. The number of aryl methyl sites for hydroxylation is 2. The summed E-state index contributed by atoms with van der Waals surface area (Å²) in [6.07, 6.45) is 1.83. The van der Waals surface area contributed by atoms with Gasteiger partial charge in [-0.15, -0.1) is 0 Å². The minimum absolute atomic E-state index is 0.00951. The Hall–Kier alpha value is -2.88. The normalized spacial score (nSPS) is 11.9. The molecule has 1 heterocycles. The maximum absolute atomic E-state index is 12.2. The lowest BCUT2D eigenvalue weighted by Crippen LogP contribution is -2.36. The Morgan fingerprint density at radius 3 is 2.69 bits per heavy atom. The lowest BCUT2D eigenvalue weighted by molar-refractivity contribution is -0.123. The molecule has 26 heavy (non-hydrogen) atoms. The Kier molecular flexibility index (Phi) is 5.84. The summed E-state index contributed by atoms with van der Waals surface area (Å²) in [6.45, 7) is 3.95. The van der Waals surface area contributed by atoms with Crippen LogP contribution in [0, 0.1) is 6.92 Å². The number of amides is 1. The van der Waals surface area contributed by atoms with Crippen molar-refractivity contribution in [2.24, 2.45) is 0 Å². The van der Waals surface area contributed by atoms with E-state index in [4.69, 9.17) is 4.74 Å². The molecule has 0 aliphatic carbocycles. The van der Waals surface area contributed by atoms with Crippen LogP contribution in [0.2, 0.25) is 0 Å². The van der Waals surface area contributed by atoms with Crippen molar-refractivity contribution in [2.75, 3.05) is 6.61 Å². The number of aromatic nitrogens is 1. The SMILES string of the molecule is Cc1ccc2cccc(OCC(=O)N[C@@H](C)CCc3ccccc3)c2n1. The molecule has 134 valence electrons. The number of hydrogen-bond donors (Lipinski definition) is 1. The molecule has 0 fully saturated rings. The summed E-state index contributed by atoms with van der Waals surface area (Å²) in [6, 6.07) is 20.1. The summed E-state index contributed by atoms with van der Waals surface area (Å²) in [5.74, 6) is 0.522. The van der Waals surface area contributed by atoms with Crippen LogP contribution in [0.5, 0.6) is 5.75 Å². The third-order valence-electron chi connectivity index (χ3n) is 4.30. The van der Waals surface area contributed by atoms with Gasteiger partial charge in [0.2, 0.25) is 0 Å². The zero-order valence-electron chi connectivity index (χ0n) is 15.2. The quantitative estimate of drug-likeness (QED) is 0.700. The lowest BCUT2D eigenvalue weighted by Gasteiger charge is -2.15. The Morgan fingerprint density at radius 1 is 1.08 bits per heavy atom. The van der Waals surface area contributed by atoms with Crippen LogP contribution in [0.25, 0.3) is 10.9 Å². The molecule has 0 aliphatic heterocycles. The van der Waals surface area contributed by atoms with E-state index in [1.54, 1.807) is 0 Å². The zero-order valence-corrected chi connectivity index (χ0v) is 15.2. The summed E-state index contributed by atoms with van der Waals surface area (Å²) in [4.78, 5) is 16.7. The summed E-state index contributed by atoms with van der Waals surface area (Å²) >= 11 is 0. The maximum atomic E-state index is 12.2. The average molecular weight is 348 g/mol. The Balaban J connectivity index is 1.52. The second-order valence-electron chi connectivity index (χ2n) is 6.56. The molecular formula is C22H24N2O2. The van der Waals surface area contributed by atoms with Crippen LogP contribution in [0.4, 0.5) is 0 Å². The van der Waals surface area contributed by atoms with Crippen molar-refractivity contribution in [1.82, 2.24) is 10.3 Å². The fraction of sp³-hybridized carbons (Fsp3) is 0.273. The van der Waals surface area contributed by atoms with E-state index in [9.17, 15) is 4.79 Å². The number of pyridine rings is 1. The van der Waals surface area contributed by atoms with Crippen molar-refractivity contribution < 1.29 is 9.53 Å². The first-order chi connectivity index (χ1) is 12.6. The number of nitrogens with one attached hydrogen (secondary N) is 1. The molecule has 0 saturated carbocycles. The zero-order chi connectivity index (χ0) is 18.4. The third kappa shape index (κ3) is 4.82. The molecule has 1 aromatic heterocycles. The van der Waals surface area contributed by atoms with E-state index < -0.39 is 0 Å². The van der Waals surface area contributed by atoms with Crippen molar-refractivity contribution in [3.05, 3.63) is 71.9 Å². The summed E-state index contributed by atoms with van der Waals surface area (Å²) in [5.41, 5.74) is 2.99. The van der Waals surface area contributed by atoms with Crippen molar-refractivity contribution >= 4 is 16.8 Å². The van der Waals surface area contributed by atoms with Gasteiger partial charge in [-0.05, 0) is 44.4 Å². The van der Waals surface area contributed by atoms with Gasteiger partial charge in [-0.25, -0.2) is 4.98 Å². The Morgan fingerprint density at radius 2 is 1.88 bits per heavy atom. The smallest absolute Gasteiger partial charge is 0.258 e. The van der Waals surface area contributed by atoms with Crippen molar-refractivity contribution in [1.29, 1.82) is 0 Å². The van der Waals surface area contributed by atoms with Gasteiger partial charge in [0.15, 0.2) is 6.61 Å². The highest BCUT2D eigenvalue weighted by molar-refractivity contribution is 5.85. The van der Waals surface area contributed by atoms with E-state index in [0.29, 0.717) is 5.75 Å². The van der Waals surface area contributed by atoms with Crippen LogP contribution < -0.4 is 10.1 Å². The molecule has 0 spiro atoms. The van der Waals surface area contributed by atoms with E-state index in [-0.39, 0.29) is 18.6 Å². The van der Waals surface area contributed by atoms with Crippen LogP contribution in [-0.2, 0) is 11.2 Å². The van der Waals surface area contributed by atoms with Crippen LogP contribution >= 0.6 is 0 Å². The van der Waals surface area contributed by atoms with E-state index in [0.717, 1.165) is 29.4 Å². The molecule has 4 heteroatoms. The molecule has 0 saturated heterocycles. The van der Waals surface area contributed by atoms with Crippen molar-refractivity contribution in [3.63, 3.8) is 0 Å². The van der Waals surface area contributed by atoms with Gasteiger partial charge in [-0.2, -0.15) is 0 Å². The minimum Gasteiger partial charge on any atom is -0.481 e. The molecule has 0 unspecified atom stereocenters. The van der Waals surface area contributed by atoms with E-state index >= 15 is 0 Å². The summed E-state index contributed by atoms with van der Waals surface area (Å²) in [5, 5.41) is 4.00. The first kappa shape index (κ1) is 17.9. The molecule has 3 rings (SSSR count). The van der Waals surface area contributed by atoms with Gasteiger partial charge in [0, 0.05) is 17.1 Å². The predicted octanol–water partition coefficient (Wildman–Crippen LogP) is 4.06. The van der Waals surface area contributed by atoms with Gasteiger partial charge in [0.1, 0.15) is 11.3 Å². The van der Waals surface area contributed by atoms with Gasteiger partial charge in [-0.1, -0.05) is 48.5 Å². The van der Waals surface area contributed by atoms with Crippen LogP contribution in [-0.4, -0.2) is 23.5 Å². The van der Waals surface area contributed by atoms with Gasteiger partial charge in [-0.3, -0.25) is 4.79 Å². The fourth-order valence-electron chi connectivity index (χ4n) is 2.89. The molecule has 3 aromatic rings. The van der Waals surface area contributed by atoms with Crippen LogP contribution in [0.3, 0.4) is 0 Å². The third-order valence-corrected chi connectivity index (χ3v) is 4.30. The molecule has 0 aliphatic rings. The standard InChI is InChI=1S/C22H24N2O2/c1-16(11-13-18-7-4-3-5-8-18)23-21(25)15-26-20-10-6-9-19-14-12-17(2)24-22(19)20/h3-10,12,14,16H,11,13,15H2,1-2H3,(H,23,25)/t16-/m0/s1. The molecule has 1 atom stereocenters. The second-order valence-corrected chi connectivity index (χ2v) is 6.56. The number of carbonyl (C=O) groups is 1. The highest BCUT2D eigenvalue weighted by Crippen LogP contribution is 2.23. The Bertz CT molecular complexity index is 878. The van der Waals surface area contributed by atoms with Crippen LogP contribution in [0.1, 0.15) is 24.6 Å². The van der Waals surface area contributed by atoms with Gasteiger partial charge < -0.3 is 10.1 Å². The molecule has 0 radical (unpaired) electrons. The molecular weight excluding hydrogens is 324 g/mol. The number of fused-ring (bicyclic) bond motifs is 1. The second kappa shape index (κ2) is 8.48. The first-order valence-electron chi connectivity index (χ1n) is 8.94. The molecule has 1 N–H and O–H groups in total. The predicted molar refractivity (Wildman–Crippen MR) is 104 cm³/mol. The van der Waals surface area contributed by atoms with E-state index in [2.05, 4.69) is 22.4 Å². The maximum Gasteiger partial charge on any atom is 0.258 e. The van der Waals surface area contributed by atoms with Crippen molar-refractivity contribution in [2.45, 2.75) is 32.7 Å². The molecule has 2 aromatic carbocycles. The van der Waals surface area contributed by atoms with E-state index in [1.807, 2.05) is 62.4 Å². The van der Waals surface area contributed by atoms with Crippen LogP contribution in [0.15, 0.2) is 60.7 Å². The molecule has 0 bridgehead atoms. The number of rotatable bonds is 7. The largest absolute Gasteiger partial charge is 0.481 e. The summed E-state index contributed by atoms with van der Waals surface area (Å²) in [7, 11) is 0.